The summed E-state index contributed by atoms with van der Waals surface area (Å²) in [4.78, 5) is 41.5. The van der Waals surface area contributed by atoms with Gasteiger partial charge in [-0.2, -0.15) is 5.10 Å². The molecule has 0 spiro atoms. The van der Waals surface area contributed by atoms with Crippen molar-refractivity contribution in [2.24, 2.45) is 0 Å². The summed E-state index contributed by atoms with van der Waals surface area (Å²) in [6.07, 6.45) is 0.859. The Bertz CT molecular complexity index is 987. The van der Waals surface area contributed by atoms with Crippen molar-refractivity contribution >= 4 is 17.7 Å². The number of amides is 3. The Morgan fingerprint density at radius 3 is 2.53 bits per heavy atom. The van der Waals surface area contributed by atoms with Crippen LogP contribution in [0.2, 0.25) is 0 Å². The number of aryl methyl sites for hydroxylation is 1. The molecule has 1 aromatic carbocycles. The van der Waals surface area contributed by atoms with Gasteiger partial charge in [-0.1, -0.05) is 26.0 Å². The molecule has 3 amide bonds. The van der Waals surface area contributed by atoms with Crippen LogP contribution in [0.25, 0.3) is 0 Å². The number of nitrogens with zero attached hydrogens (tertiary/aromatic N) is 4. The van der Waals surface area contributed by atoms with E-state index in [0.29, 0.717) is 38.3 Å². The molecule has 184 valence electrons. The highest BCUT2D eigenvalue weighted by molar-refractivity contribution is 5.98. The largest absolute Gasteiger partial charge is 0.355 e. The van der Waals surface area contributed by atoms with E-state index in [9.17, 15) is 18.8 Å². The number of likely N-dealkylation sites (N-methyl/N-ethyl adjacent to an activating group) is 1. The standard InChI is InChI=1S/C24H33FN6O3/c1-3-29(4-2)15-12-26-22(32)10-11-27-23(33)20-16-21-24(34)30(13-5-14-31(21)28-20)17-18-6-8-19(25)9-7-18/h6-9,16H,3-5,10-15,17H2,1-2H3,(H,26,32)(H,27,33). The molecule has 0 unspecified atom stereocenters. The van der Waals surface area contributed by atoms with E-state index < -0.39 is 5.91 Å². The number of carbonyl (C=O) groups excluding carboxylic acids is 3. The van der Waals surface area contributed by atoms with Gasteiger partial charge in [0.25, 0.3) is 11.8 Å². The van der Waals surface area contributed by atoms with Crippen LogP contribution < -0.4 is 10.6 Å². The lowest BCUT2D eigenvalue weighted by Crippen LogP contribution is -2.36. The van der Waals surface area contributed by atoms with E-state index >= 15 is 0 Å². The molecular formula is C24H33FN6O3. The molecular weight excluding hydrogens is 439 g/mol. The number of hydrogen-bond donors (Lipinski definition) is 2. The highest BCUT2D eigenvalue weighted by Gasteiger charge is 2.26. The number of nitrogens with one attached hydrogen (secondary N) is 2. The summed E-state index contributed by atoms with van der Waals surface area (Å²) in [7, 11) is 0. The van der Waals surface area contributed by atoms with E-state index in [1.807, 2.05) is 0 Å². The van der Waals surface area contributed by atoms with E-state index in [4.69, 9.17) is 0 Å². The molecule has 2 heterocycles. The molecule has 10 heteroatoms. The minimum absolute atomic E-state index is 0.125. The molecule has 2 aromatic rings. The smallest absolute Gasteiger partial charge is 0.272 e. The number of benzene rings is 1. The van der Waals surface area contributed by atoms with Crippen LogP contribution in [-0.4, -0.2) is 76.6 Å². The Morgan fingerprint density at radius 2 is 1.82 bits per heavy atom. The first-order valence-electron chi connectivity index (χ1n) is 11.8. The molecule has 1 aliphatic rings. The molecule has 0 aliphatic carbocycles. The van der Waals surface area contributed by atoms with Crippen molar-refractivity contribution in [2.75, 3.05) is 39.3 Å². The number of hydrogen-bond acceptors (Lipinski definition) is 5. The van der Waals surface area contributed by atoms with Crippen LogP contribution in [0, 0.1) is 5.82 Å². The lowest BCUT2D eigenvalue weighted by Gasteiger charge is -2.20. The first-order chi connectivity index (χ1) is 16.4. The molecule has 9 nitrogen and oxygen atoms in total. The number of halogens is 1. The summed E-state index contributed by atoms with van der Waals surface area (Å²) in [6.45, 7) is 8.98. The summed E-state index contributed by atoms with van der Waals surface area (Å²) in [6, 6.07) is 7.54. The lowest BCUT2D eigenvalue weighted by atomic mass is 10.2. The van der Waals surface area contributed by atoms with Crippen LogP contribution >= 0.6 is 0 Å². The maximum Gasteiger partial charge on any atom is 0.272 e. The van der Waals surface area contributed by atoms with Gasteiger partial charge in [-0.3, -0.25) is 19.1 Å². The maximum absolute atomic E-state index is 13.2. The third kappa shape index (κ3) is 6.86. The van der Waals surface area contributed by atoms with Gasteiger partial charge in [0.05, 0.1) is 0 Å². The van der Waals surface area contributed by atoms with Crippen molar-refractivity contribution in [1.82, 2.24) is 30.2 Å². The van der Waals surface area contributed by atoms with Crippen molar-refractivity contribution in [3.63, 3.8) is 0 Å². The van der Waals surface area contributed by atoms with Crippen LogP contribution in [0.3, 0.4) is 0 Å². The molecule has 1 aliphatic heterocycles. The van der Waals surface area contributed by atoms with E-state index in [0.717, 1.165) is 25.2 Å². The van der Waals surface area contributed by atoms with Gasteiger partial charge in [-0.25, -0.2) is 4.39 Å². The van der Waals surface area contributed by atoms with Gasteiger partial charge in [-0.05, 0) is 37.2 Å². The molecule has 1 aromatic heterocycles. The maximum atomic E-state index is 13.2. The SMILES string of the molecule is CCN(CC)CCNC(=O)CCNC(=O)c1cc2n(n1)CCCN(Cc1ccc(F)cc1)C2=O. The fourth-order valence-electron chi connectivity index (χ4n) is 3.87. The van der Waals surface area contributed by atoms with Crippen molar-refractivity contribution in [3.05, 3.63) is 53.1 Å². The second-order valence-electron chi connectivity index (χ2n) is 8.23. The van der Waals surface area contributed by atoms with E-state index in [-0.39, 0.29) is 36.3 Å². The number of rotatable bonds is 11. The number of aromatic nitrogens is 2. The summed E-state index contributed by atoms with van der Waals surface area (Å²) in [5, 5.41) is 9.86. The summed E-state index contributed by atoms with van der Waals surface area (Å²) in [5.41, 5.74) is 1.32. The van der Waals surface area contributed by atoms with Gasteiger partial charge < -0.3 is 20.4 Å². The predicted molar refractivity (Wildman–Crippen MR) is 126 cm³/mol. The first kappa shape index (κ1) is 25.4. The molecule has 2 N–H and O–H groups in total. The zero-order chi connectivity index (χ0) is 24.5. The van der Waals surface area contributed by atoms with Crippen molar-refractivity contribution in [1.29, 1.82) is 0 Å². The van der Waals surface area contributed by atoms with Crippen molar-refractivity contribution in [3.8, 4) is 0 Å². The van der Waals surface area contributed by atoms with Gasteiger partial charge >= 0.3 is 0 Å². The first-order valence-corrected chi connectivity index (χ1v) is 11.8. The van der Waals surface area contributed by atoms with Gasteiger partial charge in [0.1, 0.15) is 11.5 Å². The van der Waals surface area contributed by atoms with Crippen LogP contribution in [0.5, 0.6) is 0 Å². The zero-order valence-corrected chi connectivity index (χ0v) is 19.8. The van der Waals surface area contributed by atoms with Crippen LogP contribution in [0.4, 0.5) is 4.39 Å². The van der Waals surface area contributed by atoms with Crippen molar-refractivity contribution in [2.45, 2.75) is 39.8 Å². The monoisotopic (exact) mass is 472 g/mol. The van der Waals surface area contributed by atoms with Crippen LogP contribution in [0.15, 0.2) is 30.3 Å². The molecule has 0 saturated carbocycles. The molecule has 34 heavy (non-hydrogen) atoms. The molecule has 0 saturated heterocycles. The summed E-state index contributed by atoms with van der Waals surface area (Å²) < 4.78 is 14.7. The van der Waals surface area contributed by atoms with Gasteiger partial charge in [0.15, 0.2) is 5.69 Å². The average molecular weight is 473 g/mol. The Labute approximate surface area is 199 Å². The van der Waals surface area contributed by atoms with Crippen molar-refractivity contribution < 1.29 is 18.8 Å². The Kier molecular flexibility index (Phi) is 9.15. The average Bonchev–Trinajstić information content (AvgIpc) is 3.20. The van der Waals surface area contributed by atoms with Gasteiger partial charge in [0, 0.05) is 51.8 Å². The minimum Gasteiger partial charge on any atom is -0.355 e. The van der Waals surface area contributed by atoms with E-state index in [2.05, 4.69) is 34.5 Å². The van der Waals surface area contributed by atoms with Crippen LogP contribution in [0.1, 0.15) is 53.2 Å². The Balaban J connectivity index is 1.51. The quantitative estimate of drug-likeness (QED) is 0.518. The zero-order valence-electron chi connectivity index (χ0n) is 19.8. The molecule has 0 radical (unpaired) electrons. The fourth-order valence-corrected chi connectivity index (χ4v) is 3.87. The second kappa shape index (κ2) is 12.3. The molecule has 0 bridgehead atoms. The highest BCUT2D eigenvalue weighted by atomic mass is 19.1. The summed E-state index contributed by atoms with van der Waals surface area (Å²) >= 11 is 0. The van der Waals surface area contributed by atoms with Gasteiger partial charge in [0.2, 0.25) is 5.91 Å². The summed E-state index contributed by atoms with van der Waals surface area (Å²) in [5.74, 6) is -1.09. The Morgan fingerprint density at radius 1 is 1.09 bits per heavy atom. The van der Waals surface area contributed by atoms with E-state index in [1.54, 1.807) is 21.7 Å². The third-order valence-electron chi connectivity index (χ3n) is 5.89. The molecule has 0 fully saturated rings. The lowest BCUT2D eigenvalue weighted by molar-refractivity contribution is -0.121. The topological polar surface area (TPSA) is 99.6 Å². The van der Waals surface area contributed by atoms with Crippen LogP contribution in [-0.2, 0) is 17.9 Å². The third-order valence-corrected chi connectivity index (χ3v) is 5.89. The van der Waals surface area contributed by atoms with E-state index in [1.165, 1.54) is 18.2 Å². The normalized spacial score (nSPS) is 13.5. The molecule has 0 atom stereocenters. The minimum atomic E-state index is -0.422. The molecule has 3 rings (SSSR count). The second-order valence-corrected chi connectivity index (χ2v) is 8.23. The predicted octanol–water partition coefficient (Wildman–Crippen LogP) is 1.65. The number of fused-ring (bicyclic) bond motifs is 1. The Hall–Kier alpha value is -3.27. The fraction of sp³-hybridized carbons (Fsp3) is 0.500. The number of carbonyl (C=O) groups is 3. The van der Waals surface area contributed by atoms with Gasteiger partial charge in [-0.15, -0.1) is 0 Å². The highest BCUT2D eigenvalue weighted by Crippen LogP contribution is 2.17.